The molecule has 0 aromatic carbocycles. The Morgan fingerprint density at radius 2 is 1.52 bits per heavy atom. The zero-order valence-corrected chi connectivity index (χ0v) is 15.1. The lowest BCUT2D eigenvalue weighted by Gasteiger charge is -2.41. The average Bonchev–Trinajstić information content (AvgIpc) is 2.40. The van der Waals surface area contributed by atoms with E-state index in [-0.39, 0.29) is 0 Å². The number of likely N-dealkylation sites (tertiary alicyclic amines) is 1. The third-order valence-electron chi connectivity index (χ3n) is 5.74. The zero-order chi connectivity index (χ0) is 15.5. The van der Waals surface area contributed by atoms with Crippen molar-refractivity contribution in [3.05, 3.63) is 0 Å². The van der Waals surface area contributed by atoms with Crippen molar-refractivity contribution in [2.45, 2.75) is 85.2 Å². The minimum absolute atomic E-state index is 0.507. The third kappa shape index (κ3) is 5.56. The highest BCUT2D eigenvalue weighted by Crippen LogP contribution is 2.35. The van der Waals surface area contributed by atoms with E-state index in [1.165, 1.54) is 58.2 Å². The van der Waals surface area contributed by atoms with Gasteiger partial charge in [0.25, 0.3) is 0 Å². The molecule has 0 bridgehead atoms. The third-order valence-corrected chi connectivity index (χ3v) is 5.74. The highest BCUT2D eigenvalue weighted by molar-refractivity contribution is 4.84. The Kier molecular flexibility index (Phi) is 6.14. The molecule has 124 valence electrons. The summed E-state index contributed by atoms with van der Waals surface area (Å²) in [6.07, 6.45) is 8.47. The van der Waals surface area contributed by atoms with Crippen LogP contribution in [0.25, 0.3) is 0 Å². The van der Waals surface area contributed by atoms with Crippen LogP contribution in [0.1, 0.15) is 73.1 Å². The Morgan fingerprint density at radius 3 is 2.00 bits per heavy atom. The lowest BCUT2D eigenvalue weighted by molar-refractivity contribution is 0.0925. The zero-order valence-electron chi connectivity index (χ0n) is 15.1. The summed E-state index contributed by atoms with van der Waals surface area (Å²) in [6.45, 7) is 15.8. The molecule has 1 saturated carbocycles. The molecule has 1 aliphatic carbocycles. The van der Waals surface area contributed by atoms with Gasteiger partial charge in [0.1, 0.15) is 0 Å². The molecule has 0 aromatic rings. The van der Waals surface area contributed by atoms with Gasteiger partial charge < -0.3 is 10.2 Å². The van der Waals surface area contributed by atoms with Crippen molar-refractivity contribution in [3.8, 4) is 0 Å². The van der Waals surface area contributed by atoms with Gasteiger partial charge in [0.15, 0.2) is 0 Å². The van der Waals surface area contributed by atoms with Crippen LogP contribution in [-0.2, 0) is 0 Å². The number of rotatable bonds is 4. The molecular weight excluding hydrogens is 256 g/mol. The van der Waals surface area contributed by atoms with Gasteiger partial charge in [-0.25, -0.2) is 0 Å². The fourth-order valence-corrected chi connectivity index (χ4v) is 4.33. The number of piperidine rings is 1. The predicted molar refractivity (Wildman–Crippen MR) is 92.6 cm³/mol. The number of nitrogens with zero attached hydrogens (tertiary/aromatic N) is 1. The smallest absolute Gasteiger partial charge is 0.00696 e. The Bertz CT molecular complexity index is 289. The van der Waals surface area contributed by atoms with E-state index in [4.69, 9.17) is 0 Å². The van der Waals surface area contributed by atoms with E-state index in [2.05, 4.69) is 44.8 Å². The quantitative estimate of drug-likeness (QED) is 0.831. The van der Waals surface area contributed by atoms with Crippen LogP contribution in [0, 0.1) is 17.3 Å². The van der Waals surface area contributed by atoms with Crippen molar-refractivity contribution in [1.29, 1.82) is 0 Å². The van der Waals surface area contributed by atoms with Crippen LogP contribution >= 0.6 is 0 Å². The Labute approximate surface area is 133 Å². The van der Waals surface area contributed by atoms with Crippen LogP contribution in [0.15, 0.2) is 0 Å². The van der Waals surface area contributed by atoms with Crippen LogP contribution in [0.4, 0.5) is 0 Å². The summed E-state index contributed by atoms with van der Waals surface area (Å²) in [6, 6.07) is 1.43. The summed E-state index contributed by atoms with van der Waals surface area (Å²) in [5, 5.41) is 3.71. The molecule has 1 heterocycles. The average molecular weight is 295 g/mol. The number of hydrogen-bond acceptors (Lipinski definition) is 2. The molecule has 0 unspecified atom stereocenters. The lowest BCUT2D eigenvalue weighted by atomic mass is 9.75. The van der Waals surface area contributed by atoms with E-state index in [1.807, 2.05) is 0 Å². The lowest BCUT2D eigenvalue weighted by Crippen LogP contribution is -2.42. The van der Waals surface area contributed by atoms with Gasteiger partial charge in [0, 0.05) is 18.6 Å². The molecule has 2 aliphatic rings. The van der Waals surface area contributed by atoms with Gasteiger partial charge in [-0.1, -0.05) is 34.6 Å². The first-order chi connectivity index (χ1) is 9.84. The maximum Gasteiger partial charge on any atom is 0.00696 e. The standard InChI is InChI=1S/C19H38N2/c1-15(2)20-18-8-6-16(7-9-18)14-21-12-10-17(11-13-21)19(3,4)5/h15-18,20H,6-14H2,1-5H3/t16-,18-. The fourth-order valence-electron chi connectivity index (χ4n) is 4.33. The second-order valence-corrected chi connectivity index (χ2v) is 8.98. The summed E-state index contributed by atoms with van der Waals surface area (Å²) in [7, 11) is 0. The molecule has 0 atom stereocenters. The molecule has 2 heteroatoms. The van der Waals surface area contributed by atoms with Crippen molar-refractivity contribution in [2.75, 3.05) is 19.6 Å². The van der Waals surface area contributed by atoms with Gasteiger partial charge in [0.2, 0.25) is 0 Å². The van der Waals surface area contributed by atoms with Crippen molar-refractivity contribution < 1.29 is 0 Å². The SMILES string of the molecule is CC(C)N[C@H]1CC[C@H](CN2CCC(C(C)(C)C)CC2)CC1. The van der Waals surface area contributed by atoms with Crippen LogP contribution in [0.2, 0.25) is 0 Å². The molecular formula is C19H38N2. The maximum atomic E-state index is 3.71. The highest BCUT2D eigenvalue weighted by atomic mass is 15.1. The van der Waals surface area contributed by atoms with Gasteiger partial charge in [-0.2, -0.15) is 0 Å². The summed E-state index contributed by atoms with van der Waals surface area (Å²) in [4.78, 5) is 2.75. The van der Waals surface area contributed by atoms with Crippen LogP contribution in [-0.4, -0.2) is 36.6 Å². The van der Waals surface area contributed by atoms with E-state index in [9.17, 15) is 0 Å². The first-order valence-corrected chi connectivity index (χ1v) is 9.33. The van der Waals surface area contributed by atoms with E-state index < -0.39 is 0 Å². The molecule has 21 heavy (non-hydrogen) atoms. The summed E-state index contributed by atoms with van der Waals surface area (Å²) in [5.74, 6) is 1.89. The van der Waals surface area contributed by atoms with Crippen LogP contribution in [0.5, 0.6) is 0 Å². The second kappa shape index (κ2) is 7.46. The minimum atomic E-state index is 0.507. The number of nitrogens with one attached hydrogen (secondary N) is 1. The van der Waals surface area contributed by atoms with E-state index in [1.54, 1.807) is 0 Å². The van der Waals surface area contributed by atoms with Crippen molar-refractivity contribution in [2.24, 2.45) is 17.3 Å². The van der Waals surface area contributed by atoms with Crippen molar-refractivity contribution in [1.82, 2.24) is 10.2 Å². The molecule has 0 aromatic heterocycles. The second-order valence-electron chi connectivity index (χ2n) is 8.98. The molecule has 0 radical (unpaired) electrons. The van der Waals surface area contributed by atoms with Gasteiger partial charge in [-0.3, -0.25) is 0 Å². The Balaban J connectivity index is 1.66. The van der Waals surface area contributed by atoms with Crippen LogP contribution < -0.4 is 5.32 Å². The van der Waals surface area contributed by atoms with Crippen molar-refractivity contribution in [3.63, 3.8) is 0 Å². The fraction of sp³-hybridized carbons (Fsp3) is 1.00. The van der Waals surface area contributed by atoms with E-state index in [0.717, 1.165) is 17.9 Å². The molecule has 1 N–H and O–H groups in total. The normalized spacial score (nSPS) is 30.0. The molecule has 0 amide bonds. The predicted octanol–water partition coefficient (Wildman–Crippen LogP) is 4.30. The maximum absolute atomic E-state index is 3.71. The van der Waals surface area contributed by atoms with Gasteiger partial charge in [0.05, 0.1) is 0 Å². The van der Waals surface area contributed by atoms with E-state index in [0.29, 0.717) is 11.5 Å². The van der Waals surface area contributed by atoms with Gasteiger partial charge in [-0.15, -0.1) is 0 Å². The summed E-state index contributed by atoms with van der Waals surface area (Å²) < 4.78 is 0. The highest BCUT2D eigenvalue weighted by Gasteiger charge is 2.30. The topological polar surface area (TPSA) is 15.3 Å². The van der Waals surface area contributed by atoms with Gasteiger partial charge >= 0.3 is 0 Å². The molecule has 2 fully saturated rings. The van der Waals surface area contributed by atoms with Gasteiger partial charge in [-0.05, 0) is 68.9 Å². The number of hydrogen-bond donors (Lipinski definition) is 1. The Hall–Kier alpha value is -0.0800. The molecule has 2 rings (SSSR count). The minimum Gasteiger partial charge on any atom is -0.312 e. The summed E-state index contributed by atoms with van der Waals surface area (Å²) >= 11 is 0. The largest absolute Gasteiger partial charge is 0.312 e. The van der Waals surface area contributed by atoms with Crippen molar-refractivity contribution >= 4 is 0 Å². The molecule has 1 aliphatic heterocycles. The monoisotopic (exact) mass is 294 g/mol. The molecule has 1 saturated heterocycles. The van der Waals surface area contributed by atoms with E-state index >= 15 is 0 Å². The summed E-state index contributed by atoms with van der Waals surface area (Å²) in [5.41, 5.74) is 0.507. The Morgan fingerprint density at radius 1 is 0.952 bits per heavy atom. The first-order valence-electron chi connectivity index (χ1n) is 9.33. The molecule has 2 nitrogen and oxygen atoms in total. The molecule has 0 spiro atoms. The van der Waals surface area contributed by atoms with Crippen LogP contribution in [0.3, 0.4) is 0 Å². The first kappa shape index (κ1) is 17.3.